The van der Waals surface area contributed by atoms with Gasteiger partial charge >= 0.3 is 6.09 Å². The molecule has 1 atom stereocenters. The second-order valence-corrected chi connectivity index (χ2v) is 9.25. The van der Waals surface area contributed by atoms with Crippen LogP contribution in [0.2, 0.25) is 0 Å². The summed E-state index contributed by atoms with van der Waals surface area (Å²) in [5.41, 5.74) is -0.133. The van der Waals surface area contributed by atoms with Gasteiger partial charge in [0.2, 0.25) is 0 Å². The zero-order valence-electron chi connectivity index (χ0n) is 18.7. The average molecular weight is 416 g/mol. The quantitative estimate of drug-likeness (QED) is 0.751. The summed E-state index contributed by atoms with van der Waals surface area (Å²) in [6, 6.07) is 6.10. The van der Waals surface area contributed by atoms with E-state index in [2.05, 4.69) is 34.8 Å². The standard InChI is InChI=1S/C22H33N5O3/c1-16-15-25(5)10-11-27(16)20-13-19(12-17(14-23)24-20)29-18-6-8-26(9-7-18)21(28)30-22(2,3)4/h12-13,16,18H,6-11,15H2,1-5H3/t16-/m0/s1. The number of carbonyl (C=O) groups is 1. The largest absolute Gasteiger partial charge is 0.490 e. The van der Waals surface area contributed by atoms with Gasteiger partial charge in [0.15, 0.2) is 0 Å². The van der Waals surface area contributed by atoms with Crippen molar-refractivity contribution in [1.82, 2.24) is 14.8 Å². The maximum Gasteiger partial charge on any atom is 0.410 e. The van der Waals surface area contributed by atoms with Crippen LogP contribution in [0.1, 0.15) is 46.2 Å². The minimum Gasteiger partial charge on any atom is -0.490 e. The van der Waals surface area contributed by atoms with Crippen molar-refractivity contribution in [2.75, 3.05) is 44.7 Å². The normalized spacial score (nSPS) is 21.3. The molecule has 2 saturated heterocycles. The smallest absolute Gasteiger partial charge is 0.410 e. The van der Waals surface area contributed by atoms with Gasteiger partial charge in [-0.15, -0.1) is 0 Å². The number of piperazine rings is 1. The van der Waals surface area contributed by atoms with Gasteiger partial charge in [0.25, 0.3) is 0 Å². The number of ether oxygens (including phenoxy) is 2. The van der Waals surface area contributed by atoms with Gasteiger partial charge < -0.3 is 24.2 Å². The van der Waals surface area contributed by atoms with Crippen molar-refractivity contribution in [3.05, 3.63) is 17.8 Å². The number of amides is 1. The van der Waals surface area contributed by atoms with Crippen LogP contribution in [0.15, 0.2) is 12.1 Å². The van der Waals surface area contributed by atoms with Crippen molar-refractivity contribution in [3.63, 3.8) is 0 Å². The number of nitrogens with zero attached hydrogens (tertiary/aromatic N) is 5. The van der Waals surface area contributed by atoms with Gasteiger partial charge in [-0.05, 0) is 34.7 Å². The van der Waals surface area contributed by atoms with Crippen LogP contribution in [0.5, 0.6) is 5.75 Å². The summed E-state index contributed by atoms with van der Waals surface area (Å²) in [7, 11) is 2.12. The Hall–Kier alpha value is -2.53. The van der Waals surface area contributed by atoms with E-state index in [1.807, 2.05) is 26.8 Å². The third-order valence-corrected chi connectivity index (χ3v) is 5.42. The lowest BCUT2D eigenvalue weighted by molar-refractivity contribution is 0.0126. The third-order valence-electron chi connectivity index (χ3n) is 5.42. The van der Waals surface area contributed by atoms with Crippen molar-refractivity contribution in [2.24, 2.45) is 0 Å². The molecule has 0 aliphatic carbocycles. The molecule has 0 saturated carbocycles. The van der Waals surface area contributed by atoms with Gasteiger partial charge in [-0.1, -0.05) is 0 Å². The summed E-state index contributed by atoms with van der Waals surface area (Å²) in [6.45, 7) is 11.8. The van der Waals surface area contributed by atoms with E-state index in [1.165, 1.54) is 0 Å². The Balaban J connectivity index is 1.63. The van der Waals surface area contributed by atoms with Gasteiger partial charge in [-0.25, -0.2) is 9.78 Å². The number of likely N-dealkylation sites (N-methyl/N-ethyl adjacent to an activating group) is 1. The number of pyridine rings is 1. The van der Waals surface area contributed by atoms with Crippen LogP contribution >= 0.6 is 0 Å². The maximum atomic E-state index is 12.2. The Morgan fingerprint density at radius 1 is 1.20 bits per heavy atom. The first kappa shape index (κ1) is 22.2. The van der Waals surface area contributed by atoms with Gasteiger partial charge in [0.05, 0.1) is 0 Å². The number of likely N-dealkylation sites (tertiary alicyclic amines) is 1. The van der Waals surface area contributed by atoms with E-state index in [9.17, 15) is 10.1 Å². The summed E-state index contributed by atoms with van der Waals surface area (Å²) in [5.74, 6) is 1.45. The molecule has 8 heteroatoms. The van der Waals surface area contributed by atoms with Crippen molar-refractivity contribution >= 4 is 11.9 Å². The fraction of sp³-hybridized carbons (Fsp3) is 0.682. The third kappa shape index (κ3) is 5.76. The van der Waals surface area contributed by atoms with Crippen LogP contribution in [0.3, 0.4) is 0 Å². The van der Waals surface area contributed by atoms with Crippen LogP contribution in [-0.2, 0) is 4.74 Å². The highest BCUT2D eigenvalue weighted by atomic mass is 16.6. The van der Waals surface area contributed by atoms with Crippen LogP contribution in [0, 0.1) is 11.3 Å². The number of anilines is 1. The molecular formula is C22H33N5O3. The van der Waals surface area contributed by atoms with Crippen LogP contribution < -0.4 is 9.64 Å². The zero-order valence-corrected chi connectivity index (χ0v) is 18.7. The molecule has 2 aliphatic heterocycles. The first-order valence-electron chi connectivity index (χ1n) is 10.7. The molecule has 3 rings (SSSR count). The molecule has 1 aromatic rings. The number of piperidine rings is 1. The highest BCUT2D eigenvalue weighted by molar-refractivity contribution is 5.68. The molecule has 0 N–H and O–H groups in total. The fourth-order valence-electron chi connectivity index (χ4n) is 3.92. The van der Waals surface area contributed by atoms with Gasteiger partial charge in [0, 0.05) is 63.7 Å². The lowest BCUT2D eigenvalue weighted by atomic mass is 10.1. The number of rotatable bonds is 3. The molecule has 0 bridgehead atoms. The molecule has 30 heavy (non-hydrogen) atoms. The summed E-state index contributed by atoms with van der Waals surface area (Å²) in [5, 5.41) is 9.43. The van der Waals surface area contributed by atoms with E-state index in [0.717, 1.165) is 38.3 Å². The van der Waals surface area contributed by atoms with Crippen molar-refractivity contribution in [1.29, 1.82) is 5.26 Å². The lowest BCUT2D eigenvalue weighted by Gasteiger charge is -2.39. The highest BCUT2D eigenvalue weighted by Gasteiger charge is 2.28. The predicted octanol–water partition coefficient (Wildman–Crippen LogP) is 2.87. The molecule has 164 valence electrons. The van der Waals surface area contributed by atoms with Crippen molar-refractivity contribution in [3.8, 4) is 11.8 Å². The number of nitriles is 1. The van der Waals surface area contributed by atoms with E-state index in [0.29, 0.717) is 30.6 Å². The highest BCUT2D eigenvalue weighted by Crippen LogP contribution is 2.27. The van der Waals surface area contributed by atoms with E-state index in [4.69, 9.17) is 9.47 Å². The molecule has 0 aromatic carbocycles. The Kier molecular flexibility index (Phi) is 6.71. The Morgan fingerprint density at radius 3 is 2.50 bits per heavy atom. The molecule has 0 spiro atoms. The van der Waals surface area contributed by atoms with E-state index in [1.54, 1.807) is 11.0 Å². The second-order valence-electron chi connectivity index (χ2n) is 9.25. The first-order valence-corrected chi connectivity index (χ1v) is 10.7. The van der Waals surface area contributed by atoms with E-state index >= 15 is 0 Å². The molecule has 8 nitrogen and oxygen atoms in total. The topological polar surface area (TPSA) is 81.9 Å². The summed E-state index contributed by atoms with van der Waals surface area (Å²) in [6.07, 6.45) is 1.17. The SMILES string of the molecule is C[C@H]1CN(C)CCN1c1cc(OC2CCN(C(=O)OC(C)(C)C)CC2)cc(C#N)n1. The summed E-state index contributed by atoms with van der Waals surface area (Å²) in [4.78, 5) is 23.0. The zero-order chi connectivity index (χ0) is 21.9. The Morgan fingerprint density at radius 2 is 1.90 bits per heavy atom. The molecule has 2 aliphatic rings. The first-order chi connectivity index (χ1) is 14.1. The minimum absolute atomic E-state index is 0.00427. The molecule has 0 radical (unpaired) electrons. The lowest BCUT2D eigenvalue weighted by Crippen LogP contribution is -2.50. The van der Waals surface area contributed by atoms with Gasteiger partial charge in [-0.2, -0.15) is 5.26 Å². The summed E-state index contributed by atoms with van der Waals surface area (Å²) >= 11 is 0. The molecule has 0 unspecified atom stereocenters. The molecular weight excluding hydrogens is 382 g/mol. The average Bonchev–Trinajstić information content (AvgIpc) is 2.67. The van der Waals surface area contributed by atoms with Gasteiger partial charge in [0.1, 0.15) is 35.0 Å². The Bertz CT molecular complexity index is 793. The Labute approximate surface area is 179 Å². The van der Waals surface area contributed by atoms with E-state index in [-0.39, 0.29) is 12.2 Å². The molecule has 2 fully saturated rings. The van der Waals surface area contributed by atoms with E-state index < -0.39 is 5.60 Å². The van der Waals surface area contributed by atoms with Crippen molar-refractivity contribution in [2.45, 2.75) is 58.3 Å². The van der Waals surface area contributed by atoms with Crippen LogP contribution in [0.25, 0.3) is 0 Å². The summed E-state index contributed by atoms with van der Waals surface area (Å²) < 4.78 is 11.7. The minimum atomic E-state index is -0.494. The number of hydrogen-bond acceptors (Lipinski definition) is 7. The maximum absolute atomic E-state index is 12.2. The van der Waals surface area contributed by atoms with Gasteiger partial charge in [-0.3, -0.25) is 0 Å². The van der Waals surface area contributed by atoms with Crippen molar-refractivity contribution < 1.29 is 14.3 Å². The van der Waals surface area contributed by atoms with Crippen LogP contribution in [-0.4, -0.2) is 78.4 Å². The van der Waals surface area contributed by atoms with Crippen LogP contribution in [0.4, 0.5) is 10.6 Å². The molecule has 3 heterocycles. The molecule has 1 amide bonds. The monoisotopic (exact) mass is 415 g/mol. The fourth-order valence-corrected chi connectivity index (χ4v) is 3.92. The number of hydrogen-bond donors (Lipinski definition) is 0. The second kappa shape index (κ2) is 9.09. The number of carbonyl (C=O) groups excluding carboxylic acids is 1. The molecule has 1 aromatic heterocycles. The predicted molar refractivity (Wildman–Crippen MR) is 115 cm³/mol. The number of aromatic nitrogens is 1.